The fourth-order valence-electron chi connectivity index (χ4n) is 1.28. The normalized spacial score (nSPS) is 13.3. The number of fused-ring (bicyclic) bond motifs is 1. The minimum atomic E-state index is -0.548. The quantitative estimate of drug-likeness (QED) is 0.686. The highest BCUT2D eigenvalue weighted by atomic mass is 16.3. The number of nitrogens with two attached hydrogens (primary N) is 1. The summed E-state index contributed by atoms with van der Waals surface area (Å²) in [5.41, 5.74) is 6.79. The molecule has 74 valence electrons. The van der Waals surface area contributed by atoms with E-state index in [0.717, 1.165) is 5.56 Å². The number of hydrogen-bond donors (Lipinski definition) is 2. The van der Waals surface area contributed by atoms with Crippen molar-refractivity contribution in [2.45, 2.75) is 12.5 Å². The second kappa shape index (κ2) is 3.69. The molecule has 0 aliphatic rings. The Morgan fingerprint density at radius 3 is 3.14 bits per heavy atom. The number of aliphatic hydroxyl groups excluding tert-OH is 1. The van der Waals surface area contributed by atoms with Crippen LogP contribution in [0.2, 0.25) is 0 Å². The molecule has 3 N–H and O–H groups in total. The molecule has 2 aromatic heterocycles. The SMILES string of the molecule is NCCC(O)c1ccc2nnnn2c1. The van der Waals surface area contributed by atoms with Crippen LogP contribution in [0.3, 0.4) is 0 Å². The van der Waals surface area contributed by atoms with Crippen LogP contribution in [0.15, 0.2) is 18.3 Å². The molecule has 6 nitrogen and oxygen atoms in total. The highest BCUT2D eigenvalue weighted by molar-refractivity contribution is 5.36. The molecule has 14 heavy (non-hydrogen) atoms. The van der Waals surface area contributed by atoms with Crippen molar-refractivity contribution in [1.82, 2.24) is 20.0 Å². The van der Waals surface area contributed by atoms with Gasteiger partial charge in [-0.1, -0.05) is 6.07 Å². The van der Waals surface area contributed by atoms with Crippen molar-refractivity contribution in [2.75, 3.05) is 6.54 Å². The first-order chi connectivity index (χ1) is 6.81. The molecule has 2 aromatic rings. The van der Waals surface area contributed by atoms with Crippen molar-refractivity contribution in [2.24, 2.45) is 5.73 Å². The van der Waals surface area contributed by atoms with E-state index in [9.17, 15) is 5.11 Å². The molecule has 2 rings (SSSR count). The Morgan fingerprint density at radius 2 is 2.36 bits per heavy atom. The lowest BCUT2D eigenvalue weighted by Gasteiger charge is -2.08. The predicted octanol–water partition coefficient (Wildman–Crippen LogP) is -0.494. The predicted molar refractivity (Wildman–Crippen MR) is 49.4 cm³/mol. The maximum Gasteiger partial charge on any atom is 0.179 e. The number of tetrazole rings is 1. The van der Waals surface area contributed by atoms with E-state index in [1.54, 1.807) is 18.3 Å². The Kier molecular flexibility index (Phi) is 2.38. The average Bonchev–Trinajstić information content (AvgIpc) is 2.64. The average molecular weight is 193 g/mol. The summed E-state index contributed by atoms with van der Waals surface area (Å²) in [5.74, 6) is 0. The van der Waals surface area contributed by atoms with Crippen LogP contribution in [0.5, 0.6) is 0 Å². The van der Waals surface area contributed by atoms with Gasteiger partial charge in [-0.05, 0) is 35.0 Å². The zero-order valence-corrected chi connectivity index (χ0v) is 7.54. The first-order valence-corrected chi connectivity index (χ1v) is 4.37. The van der Waals surface area contributed by atoms with Crippen LogP contribution in [0.1, 0.15) is 18.1 Å². The van der Waals surface area contributed by atoms with E-state index >= 15 is 0 Å². The van der Waals surface area contributed by atoms with E-state index in [1.807, 2.05) is 0 Å². The zero-order valence-electron chi connectivity index (χ0n) is 7.54. The van der Waals surface area contributed by atoms with E-state index in [4.69, 9.17) is 5.73 Å². The van der Waals surface area contributed by atoms with Gasteiger partial charge in [-0.25, -0.2) is 4.52 Å². The van der Waals surface area contributed by atoms with Gasteiger partial charge in [0.15, 0.2) is 5.65 Å². The third-order valence-electron chi connectivity index (χ3n) is 2.04. The second-order valence-electron chi connectivity index (χ2n) is 3.04. The Balaban J connectivity index is 2.33. The monoisotopic (exact) mass is 193 g/mol. The largest absolute Gasteiger partial charge is 0.388 e. The number of aliphatic hydroxyl groups is 1. The molecule has 0 amide bonds. The Bertz CT molecular complexity index is 426. The molecule has 0 saturated carbocycles. The van der Waals surface area contributed by atoms with Crippen molar-refractivity contribution in [3.63, 3.8) is 0 Å². The van der Waals surface area contributed by atoms with Gasteiger partial charge < -0.3 is 10.8 Å². The molecule has 1 atom stereocenters. The Hall–Kier alpha value is -1.53. The first kappa shape index (κ1) is 9.04. The highest BCUT2D eigenvalue weighted by Crippen LogP contribution is 2.15. The molecule has 0 fully saturated rings. The van der Waals surface area contributed by atoms with Crippen LogP contribution in [0.4, 0.5) is 0 Å². The van der Waals surface area contributed by atoms with Gasteiger partial charge in [-0.15, -0.1) is 5.10 Å². The maximum atomic E-state index is 9.66. The summed E-state index contributed by atoms with van der Waals surface area (Å²) >= 11 is 0. The molecular weight excluding hydrogens is 182 g/mol. The number of pyridine rings is 1. The van der Waals surface area contributed by atoms with Crippen molar-refractivity contribution >= 4 is 5.65 Å². The molecule has 0 aliphatic heterocycles. The molecule has 0 saturated heterocycles. The van der Waals surface area contributed by atoms with Gasteiger partial charge in [0.1, 0.15) is 0 Å². The molecule has 0 aliphatic carbocycles. The van der Waals surface area contributed by atoms with Crippen LogP contribution >= 0.6 is 0 Å². The maximum absolute atomic E-state index is 9.66. The molecular formula is C8H11N5O. The number of nitrogens with zero attached hydrogens (tertiary/aromatic N) is 4. The molecule has 0 radical (unpaired) electrons. The van der Waals surface area contributed by atoms with Crippen molar-refractivity contribution < 1.29 is 5.11 Å². The van der Waals surface area contributed by atoms with Crippen molar-refractivity contribution in [3.8, 4) is 0 Å². The molecule has 0 aromatic carbocycles. The zero-order chi connectivity index (χ0) is 9.97. The summed E-state index contributed by atoms with van der Waals surface area (Å²) in [5, 5.41) is 20.7. The van der Waals surface area contributed by atoms with E-state index in [0.29, 0.717) is 18.6 Å². The lowest BCUT2D eigenvalue weighted by molar-refractivity contribution is 0.169. The van der Waals surface area contributed by atoms with Crippen molar-refractivity contribution in [3.05, 3.63) is 23.9 Å². The number of aromatic nitrogens is 4. The third-order valence-corrected chi connectivity index (χ3v) is 2.04. The molecule has 6 heteroatoms. The third kappa shape index (κ3) is 1.57. The molecule has 0 bridgehead atoms. The first-order valence-electron chi connectivity index (χ1n) is 4.37. The lowest BCUT2D eigenvalue weighted by atomic mass is 10.1. The van der Waals surface area contributed by atoms with Gasteiger partial charge in [-0.2, -0.15) is 0 Å². The fourth-order valence-corrected chi connectivity index (χ4v) is 1.28. The van der Waals surface area contributed by atoms with E-state index in [2.05, 4.69) is 15.5 Å². The fraction of sp³-hybridized carbons (Fsp3) is 0.375. The summed E-state index contributed by atoms with van der Waals surface area (Å²) in [6.07, 6.45) is 1.69. The van der Waals surface area contributed by atoms with Crippen LogP contribution in [0, 0.1) is 0 Å². The Labute approximate surface area is 80.3 Å². The Morgan fingerprint density at radius 1 is 1.50 bits per heavy atom. The summed E-state index contributed by atoms with van der Waals surface area (Å²) in [4.78, 5) is 0. The lowest BCUT2D eigenvalue weighted by Crippen LogP contribution is -2.07. The second-order valence-corrected chi connectivity index (χ2v) is 3.04. The smallest absolute Gasteiger partial charge is 0.179 e. The van der Waals surface area contributed by atoms with Gasteiger partial charge >= 0.3 is 0 Å². The summed E-state index contributed by atoms with van der Waals surface area (Å²) < 4.78 is 1.52. The van der Waals surface area contributed by atoms with E-state index in [1.165, 1.54) is 4.52 Å². The van der Waals surface area contributed by atoms with E-state index in [-0.39, 0.29) is 0 Å². The molecule has 1 unspecified atom stereocenters. The number of hydrogen-bond acceptors (Lipinski definition) is 5. The van der Waals surface area contributed by atoms with Gasteiger partial charge in [0.2, 0.25) is 0 Å². The van der Waals surface area contributed by atoms with Gasteiger partial charge in [0, 0.05) is 6.20 Å². The van der Waals surface area contributed by atoms with Gasteiger partial charge in [-0.3, -0.25) is 0 Å². The number of rotatable bonds is 3. The highest BCUT2D eigenvalue weighted by Gasteiger charge is 2.07. The molecule has 2 heterocycles. The van der Waals surface area contributed by atoms with Crippen LogP contribution in [-0.2, 0) is 0 Å². The van der Waals surface area contributed by atoms with Crippen LogP contribution in [-0.4, -0.2) is 31.7 Å². The summed E-state index contributed by atoms with van der Waals surface area (Å²) in [6.45, 7) is 0.453. The van der Waals surface area contributed by atoms with E-state index < -0.39 is 6.10 Å². The standard InChI is InChI=1S/C8H11N5O/c9-4-3-7(14)6-1-2-8-10-11-12-13(8)5-6/h1-2,5,7,14H,3-4,9H2. The van der Waals surface area contributed by atoms with Crippen LogP contribution in [0.25, 0.3) is 5.65 Å². The minimum Gasteiger partial charge on any atom is -0.388 e. The summed E-state index contributed by atoms with van der Waals surface area (Å²) in [6, 6.07) is 3.56. The van der Waals surface area contributed by atoms with Gasteiger partial charge in [0.05, 0.1) is 6.10 Å². The minimum absolute atomic E-state index is 0.453. The topological polar surface area (TPSA) is 89.3 Å². The molecule has 0 spiro atoms. The van der Waals surface area contributed by atoms with Crippen molar-refractivity contribution in [1.29, 1.82) is 0 Å². The summed E-state index contributed by atoms with van der Waals surface area (Å²) in [7, 11) is 0. The van der Waals surface area contributed by atoms with Crippen LogP contribution < -0.4 is 5.73 Å². The van der Waals surface area contributed by atoms with Gasteiger partial charge in [0.25, 0.3) is 0 Å².